The minimum atomic E-state index is -0.757. The number of aryl methyl sites for hydroxylation is 2. The first kappa shape index (κ1) is 12.0. The van der Waals surface area contributed by atoms with Crippen molar-refractivity contribution in [3.05, 3.63) is 24.0 Å². The minimum absolute atomic E-state index is 0.184. The third kappa shape index (κ3) is 2.61. The molecule has 0 radical (unpaired) electrons. The highest BCUT2D eigenvalue weighted by molar-refractivity contribution is 7.99. The van der Waals surface area contributed by atoms with Crippen LogP contribution in [0.4, 0.5) is 0 Å². The summed E-state index contributed by atoms with van der Waals surface area (Å²) < 4.78 is 2.04. The molecule has 0 fully saturated rings. The molecule has 2 rings (SSSR count). The Morgan fingerprint density at radius 3 is 3.00 bits per heavy atom. The molecule has 0 amide bonds. The van der Waals surface area contributed by atoms with Crippen LogP contribution in [0.15, 0.2) is 23.1 Å². The van der Waals surface area contributed by atoms with E-state index in [0.717, 1.165) is 21.8 Å². The predicted octanol–water partition coefficient (Wildman–Crippen LogP) is 2.45. The molecule has 5 heteroatoms. The highest BCUT2D eigenvalue weighted by Crippen LogP contribution is 2.24. The Labute approximate surface area is 104 Å². The number of imidazole rings is 1. The largest absolute Gasteiger partial charge is 0.481 e. The highest BCUT2D eigenvalue weighted by Gasteiger charge is 2.05. The lowest BCUT2D eigenvalue weighted by molar-refractivity contribution is -0.136. The van der Waals surface area contributed by atoms with Crippen LogP contribution >= 0.6 is 11.8 Å². The van der Waals surface area contributed by atoms with E-state index in [0.29, 0.717) is 5.75 Å². The van der Waals surface area contributed by atoms with Crippen molar-refractivity contribution in [2.24, 2.45) is 7.05 Å². The SMILES string of the molecule is Cc1nc2cc(SCCC(=O)O)ccc2n1C. The van der Waals surface area contributed by atoms with Crippen LogP contribution in [0.1, 0.15) is 12.2 Å². The third-order valence-electron chi connectivity index (χ3n) is 2.66. The van der Waals surface area contributed by atoms with Gasteiger partial charge in [-0.1, -0.05) is 0 Å². The predicted molar refractivity (Wildman–Crippen MR) is 68.4 cm³/mol. The fourth-order valence-electron chi connectivity index (χ4n) is 1.65. The van der Waals surface area contributed by atoms with Gasteiger partial charge in [0.2, 0.25) is 0 Å². The average molecular weight is 250 g/mol. The van der Waals surface area contributed by atoms with Gasteiger partial charge in [0, 0.05) is 17.7 Å². The first-order valence-corrected chi connectivity index (χ1v) is 6.34. The van der Waals surface area contributed by atoms with Crippen molar-refractivity contribution < 1.29 is 9.90 Å². The van der Waals surface area contributed by atoms with Gasteiger partial charge in [0.15, 0.2) is 0 Å². The number of nitrogens with zero attached hydrogens (tertiary/aromatic N) is 2. The van der Waals surface area contributed by atoms with E-state index in [-0.39, 0.29) is 6.42 Å². The number of thioether (sulfide) groups is 1. The van der Waals surface area contributed by atoms with E-state index in [4.69, 9.17) is 5.11 Å². The normalized spacial score (nSPS) is 10.9. The highest BCUT2D eigenvalue weighted by atomic mass is 32.2. The van der Waals surface area contributed by atoms with Gasteiger partial charge >= 0.3 is 5.97 Å². The molecule has 2 aromatic rings. The number of carboxylic acid groups (broad SMARTS) is 1. The zero-order valence-corrected chi connectivity index (χ0v) is 10.6. The Bertz CT molecular complexity index is 563. The molecule has 0 bridgehead atoms. The van der Waals surface area contributed by atoms with Crippen LogP contribution in [-0.2, 0) is 11.8 Å². The van der Waals surface area contributed by atoms with Gasteiger partial charge in [0.25, 0.3) is 0 Å². The number of benzene rings is 1. The second-order valence-electron chi connectivity index (χ2n) is 3.86. The van der Waals surface area contributed by atoms with Crippen LogP contribution in [0.25, 0.3) is 11.0 Å². The number of carboxylic acids is 1. The van der Waals surface area contributed by atoms with Crippen LogP contribution < -0.4 is 0 Å². The Balaban J connectivity index is 2.17. The molecule has 17 heavy (non-hydrogen) atoms. The third-order valence-corrected chi connectivity index (χ3v) is 3.66. The van der Waals surface area contributed by atoms with Gasteiger partial charge in [0.05, 0.1) is 17.5 Å². The fourth-order valence-corrected chi connectivity index (χ4v) is 2.52. The molecule has 0 saturated heterocycles. The Kier molecular flexibility index (Phi) is 3.38. The monoisotopic (exact) mass is 250 g/mol. The van der Waals surface area contributed by atoms with E-state index in [1.165, 1.54) is 0 Å². The van der Waals surface area contributed by atoms with E-state index in [2.05, 4.69) is 4.98 Å². The number of hydrogen-bond donors (Lipinski definition) is 1. The summed E-state index contributed by atoms with van der Waals surface area (Å²) in [6.45, 7) is 1.97. The standard InChI is InChI=1S/C12H14N2O2S/c1-8-13-10-7-9(17-6-5-12(15)16)3-4-11(10)14(8)2/h3-4,7H,5-6H2,1-2H3,(H,15,16). The van der Waals surface area contributed by atoms with E-state index >= 15 is 0 Å². The summed E-state index contributed by atoms with van der Waals surface area (Å²) in [5.74, 6) is 0.812. The van der Waals surface area contributed by atoms with Gasteiger partial charge in [-0.25, -0.2) is 4.98 Å². The number of fused-ring (bicyclic) bond motifs is 1. The topological polar surface area (TPSA) is 55.1 Å². The average Bonchev–Trinajstić information content (AvgIpc) is 2.54. The smallest absolute Gasteiger partial charge is 0.304 e. The molecule has 1 aromatic carbocycles. The summed E-state index contributed by atoms with van der Waals surface area (Å²) in [5, 5.41) is 8.57. The number of aromatic nitrogens is 2. The number of hydrogen-bond acceptors (Lipinski definition) is 3. The second-order valence-corrected chi connectivity index (χ2v) is 5.03. The molecule has 1 heterocycles. The number of rotatable bonds is 4. The molecule has 0 unspecified atom stereocenters. The maximum atomic E-state index is 10.4. The van der Waals surface area contributed by atoms with E-state index < -0.39 is 5.97 Å². The van der Waals surface area contributed by atoms with Crippen molar-refractivity contribution >= 4 is 28.8 Å². The summed E-state index contributed by atoms with van der Waals surface area (Å²) in [6, 6.07) is 6.04. The van der Waals surface area contributed by atoms with Gasteiger partial charge in [-0.05, 0) is 25.1 Å². The molecule has 1 aromatic heterocycles. The van der Waals surface area contributed by atoms with Gasteiger partial charge in [-0.2, -0.15) is 0 Å². The molecule has 0 spiro atoms. The lowest BCUT2D eigenvalue weighted by Crippen LogP contribution is -1.95. The molecule has 4 nitrogen and oxygen atoms in total. The lowest BCUT2D eigenvalue weighted by atomic mass is 10.3. The van der Waals surface area contributed by atoms with Crippen molar-refractivity contribution in [3.63, 3.8) is 0 Å². The molecular weight excluding hydrogens is 236 g/mol. The summed E-state index contributed by atoms with van der Waals surface area (Å²) in [4.78, 5) is 15.9. The van der Waals surface area contributed by atoms with Crippen LogP contribution in [0, 0.1) is 6.92 Å². The molecule has 0 aliphatic carbocycles. The van der Waals surface area contributed by atoms with E-state index in [9.17, 15) is 4.79 Å². The molecular formula is C12H14N2O2S. The van der Waals surface area contributed by atoms with Gasteiger partial charge in [-0.15, -0.1) is 11.8 Å². The number of carbonyl (C=O) groups is 1. The maximum Gasteiger partial charge on any atom is 0.304 e. The van der Waals surface area contributed by atoms with Gasteiger partial charge < -0.3 is 9.67 Å². The molecule has 0 atom stereocenters. The quantitative estimate of drug-likeness (QED) is 0.847. The lowest BCUT2D eigenvalue weighted by Gasteiger charge is -2.00. The second kappa shape index (κ2) is 4.79. The minimum Gasteiger partial charge on any atom is -0.481 e. The van der Waals surface area contributed by atoms with Gasteiger partial charge in [0.1, 0.15) is 5.82 Å². The van der Waals surface area contributed by atoms with Crippen LogP contribution in [0.2, 0.25) is 0 Å². The molecule has 0 aliphatic heterocycles. The van der Waals surface area contributed by atoms with E-state index in [1.54, 1.807) is 11.8 Å². The Morgan fingerprint density at radius 1 is 1.53 bits per heavy atom. The van der Waals surface area contributed by atoms with Crippen molar-refractivity contribution in [3.8, 4) is 0 Å². The van der Waals surface area contributed by atoms with Crippen LogP contribution in [0.5, 0.6) is 0 Å². The summed E-state index contributed by atoms with van der Waals surface area (Å²) in [6.07, 6.45) is 0.184. The number of aliphatic carboxylic acids is 1. The maximum absolute atomic E-state index is 10.4. The molecule has 0 saturated carbocycles. The first-order chi connectivity index (χ1) is 8.08. The van der Waals surface area contributed by atoms with Gasteiger partial charge in [-0.3, -0.25) is 4.79 Å². The van der Waals surface area contributed by atoms with Crippen molar-refractivity contribution in [2.45, 2.75) is 18.2 Å². The summed E-state index contributed by atoms with van der Waals surface area (Å²) in [5.41, 5.74) is 2.07. The Hall–Kier alpha value is -1.49. The van der Waals surface area contributed by atoms with Crippen LogP contribution in [0.3, 0.4) is 0 Å². The molecule has 90 valence electrons. The zero-order chi connectivity index (χ0) is 12.4. The summed E-state index contributed by atoms with van der Waals surface area (Å²) in [7, 11) is 1.99. The zero-order valence-electron chi connectivity index (χ0n) is 9.80. The molecule has 0 aliphatic rings. The summed E-state index contributed by atoms with van der Waals surface area (Å²) >= 11 is 1.55. The van der Waals surface area contributed by atoms with E-state index in [1.807, 2.05) is 36.7 Å². The van der Waals surface area contributed by atoms with Crippen LogP contribution in [-0.4, -0.2) is 26.4 Å². The fraction of sp³-hybridized carbons (Fsp3) is 0.333. The first-order valence-electron chi connectivity index (χ1n) is 5.35. The van der Waals surface area contributed by atoms with Crippen molar-refractivity contribution in [1.82, 2.24) is 9.55 Å². The molecule has 1 N–H and O–H groups in total. The Morgan fingerprint density at radius 2 is 2.29 bits per heavy atom. The van der Waals surface area contributed by atoms with Crippen molar-refractivity contribution in [1.29, 1.82) is 0 Å². The van der Waals surface area contributed by atoms with Crippen molar-refractivity contribution in [2.75, 3.05) is 5.75 Å².